The molecule has 0 bridgehead atoms. The van der Waals surface area contributed by atoms with Gasteiger partial charge in [-0.05, 0) is 38.0 Å². The lowest BCUT2D eigenvalue weighted by molar-refractivity contribution is 0.0239. The van der Waals surface area contributed by atoms with Crippen LogP contribution in [0.25, 0.3) is 0 Å². The van der Waals surface area contributed by atoms with Crippen LogP contribution >= 0.6 is 15.9 Å². The fraction of sp³-hybridized carbons (Fsp3) is 0.263. The molecule has 5 heteroatoms. The molecule has 2 aromatic carbocycles. The molecule has 0 saturated heterocycles. The van der Waals surface area contributed by atoms with Gasteiger partial charge in [0.2, 0.25) is 0 Å². The first-order chi connectivity index (χ1) is 11.3. The van der Waals surface area contributed by atoms with Gasteiger partial charge in [0.25, 0.3) is 0 Å². The molecule has 0 aliphatic heterocycles. The van der Waals surface area contributed by atoms with Gasteiger partial charge in [0, 0.05) is 4.47 Å². The predicted octanol–water partition coefficient (Wildman–Crippen LogP) is 5.22. The van der Waals surface area contributed by atoms with Gasteiger partial charge in [-0.25, -0.2) is 4.79 Å². The number of amides is 1. The van der Waals surface area contributed by atoms with Crippen molar-refractivity contribution in [2.75, 3.05) is 0 Å². The van der Waals surface area contributed by atoms with Crippen LogP contribution in [0.2, 0.25) is 0 Å². The van der Waals surface area contributed by atoms with Crippen molar-refractivity contribution >= 4 is 28.2 Å². The Morgan fingerprint density at radius 3 is 2.38 bits per heavy atom. The zero-order valence-corrected chi connectivity index (χ0v) is 15.7. The Morgan fingerprint density at radius 2 is 1.75 bits per heavy atom. The number of hydrazone groups is 1. The molecular weight excluding hydrogens is 368 g/mol. The molecule has 0 spiro atoms. The minimum absolute atomic E-state index is 0.319. The van der Waals surface area contributed by atoms with Gasteiger partial charge in [-0.2, -0.15) is 10.1 Å². The Hall–Kier alpha value is -2.14. The third kappa shape index (κ3) is 5.81. The van der Waals surface area contributed by atoms with Gasteiger partial charge in [-0.15, -0.1) is 0 Å². The van der Waals surface area contributed by atoms with Crippen molar-refractivity contribution < 1.29 is 9.53 Å². The summed E-state index contributed by atoms with van der Waals surface area (Å²) in [5, 5.41) is 5.66. The minimum atomic E-state index is -0.578. The fourth-order valence-corrected chi connectivity index (χ4v) is 2.34. The normalized spacial score (nSPS) is 11.5. The Kier molecular flexibility index (Phi) is 6.15. The van der Waals surface area contributed by atoms with Gasteiger partial charge in [0.15, 0.2) is 0 Å². The van der Waals surface area contributed by atoms with E-state index in [0.29, 0.717) is 6.54 Å². The average Bonchev–Trinajstić information content (AvgIpc) is 2.52. The van der Waals surface area contributed by atoms with Gasteiger partial charge in [0.05, 0.1) is 12.8 Å². The SMILES string of the molecule is CC(C)(C)OC(=O)N(Cc1ccccc1Br)/N=C/c1ccccc1. The molecule has 0 radical (unpaired) electrons. The molecule has 0 aromatic heterocycles. The van der Waals surface area contributed by atoms with Crippen molar-refractivity contribution in [2.24, 2.45) is 5.10 Å². The molecule has 4 nitrogen and oxygen atoms in total. The van der Waals surface area contributed by atoms with Crippen molar-refractivity contribution in [3.63, 3.8) is 0 Å². The lowest BCUT2D eigenvalue weighted by Gasteiger charge is -2.24. The number of hydrogen-bond donors (Lipinski definition) is 0. The second-order valence-electron chi connectivity index (χ2n) is 6.28. The number of ether oxygens (including phenoxy) is 1. The number of hydrogen-bond acceptors (Lipinski definition) is 3. The largest absolute Gasteiger partial charge is 0.442 e. The number of rotatable bonds is 4. The molecule has 0 unspecified atom stereocenters. The van der Waals surface area contributed by atoms with E-state index in [9.17, 15) is 4.79 Å². The van der Waals surface area contributed by atoms with Crippen LogP contribution < -0.4 is 0 Å². The molecule has 24 heavy (non-hydrogen) atoms. The van der Waals surface area contributed by atoms with Crippen LogP contribution in [0, 0.1) is 0 Å². The maximum Gasteiger partial charge on any atom is 0.431 e. The maximum atomic E-state index is 12.5. The number of halogens is 1. The lowest BCUT2D eigenvalue weighted by Crippen LogP contribution is -2.33. The lowest BCUT2D eigenvalue weighted by atomic mass is 10.2. The maximum absolute atomic E-state index is 12.5. The van der Waals surface area contributed by atoms with E-state index in [1.54, 1.807) is 6.21 Å². The van der Waals surface area contributed by atoms with E-state index in [1.165, 1.54) is 5.01 Å². The van der Waals surface area contributed by atoms with Gasteiger partial charge in [-0.1, -0.05) is 64.5 Å². The predicted molar refractivity (Wildman–Crippen MR) is 100.0 cm³/mol. The number of nitrogens with zero attached hydrogens (tertiary/aromatic N) is 2. The zero-order valence-electron chi connectivity index (χ0n) is 14.1. The topological polar surface area (TPSA) is 41.9 Å². The monoisotopic (exact) mass is 388 g/mol. The number of carbonyl (C=O) groups excluding carboxylic acids is 1. The quantitative estimate of drug-likeness (QED) is 0.532. The van der Waals surface area contributed by atoms with E-state index >= 15 is 0 Å². The molecule has 0 aliphatic carbocycles. The molecule has 0 N–H and O–H groups in total. The molecule has 126 valence electrons. The number of carbonyl (C=O) groups is 1. The molecule has 0 saturated carbocycles. The van der Waals surface area contributed by atoms with Crippen molar-refractivity contribution in [1.82, 2.24) is 5.01 Å². The molecule has 0 heterocycles. The summed E-state index contributed by atoms with van der Waals surface area (Å²) in [6, 6.07) is 17.4. The van der Waals surface area contributed by atoms with E-state index in [-0.39, 0.29) is 0 Å². The van der Waals surface area contributed by atoms with Crippen molar-refractivity contribution in [3.05, 3.63) is 70.2 Å². The van der Waals surface area contributed by atoms with E-state index in [0.717, 1.165) is 15.6 Å². The van der Waals surface area contributed by atoms with Gasteiger partial charge in [0.1, 0.15) is 5.60 Å². The van der Waals surface area contributed by atoms with Gasteiger partial charge < -0.3 is 4.74 Å². The third-order valence-electron chi connectivity index (χ3n) is 3.03. The molecule has 2 rings (SSSR count). The van der Waals surface area contributed by atoms with Crippen LogP contribution in [0.4, 0.5) is 4.79 Å². The number of benzene rings is 2. The average molecular weight is 389 g/mol. The second-order valence-corrected chi connectivity index (χ2v) is 7.14. The van der Waals surface area contributed by atoms with Crippen molar-refractivity contribution in [1.29, 1.82) is 0 Å². The Labute approximate surface area is 151 Å². The van der Waals surface area contributed by atoms with E-state index in [2.05, 4.69) is 21.0 Å². The smallest absolute Gasteiger partial charge is 0.431 e. The Balaban J connectivity index is 2.22. The highest BCUT2D eigenvalue weighted by molar-refractivity contribution is 9.10. The van der Waals surface area contributed by atoms with Crippen LogP contribution in [0.15, 0.2) is 64.2 Å². The molecule has 2 aromatic rings. The van der Waals surface area contributed by atoms with E-state index < -0.39 is 11.7 Å². The van der Waals surface area contributed by atoms with E-state index in [4.69, 9.17) is 4.74 Å². The summed E-state index contributed by atoms with van der Waals surface area (Å²) in [7, 11) is 0. The van der Waals surface area contributed by atoms with Crippen LogP contribution in [0.5, 0.6) is 0 Å². The van der Waals surface area contributed by atoms with E-state index in [1.807, 2.05) is 75.4 Å². The first kappa shape index (κ1) is 18.2. The zero-order chi connectivity index (χ0) is 17.6. The molecular formula is C19H21BrN2O2. The first-order valence-electron chi connectivity index (χ1n) is 7.68. The third-order valence-corrected chi connectivity index (χ3v) is 3.80. The van der Waals surface area contributed by atoms with Crippen LogP contribution in [0.1, 0.15) is 31.9 Å². The summed E-state index contributed by atoms with van der Waals surface area (Å²) in [4.78, 5) is 12.5. The molecule has 0 atom stereocenters. The standard InChI is InChI=1S/C19H21BrN2O2/c1-19(2,3)24-18(23)22(14-16-11-7-8-12-17(16)20)21-13-15-9-5-4-6-10-15/h4-13H,14H2,1-3H3/b21-13+. The van der Waals surface area contributed by atoms with Gasteiger partial charge in [-0.3, -0.25) is 0 Å². The summed E-state index contributed by atoms with van der Waals surface area (Å²) < 4.78 is 6.38. The van der Waals surface area contributed by atoms with Crippen molar-refractivity contribution in [3.8, 4) is 0 Å². The Morgan fingerprint density at radius 1 is 1.12 bits per heavy atom. The Bertz CT molecular complexity index is 709. The van der Waals surface area contributed by atoms with Crippen LogP contribution in [-0.2, 0) is 11.3 Å². The van der Waals surface area contributed by atoms with Gasteiger partial charge >= 0.3 is 6.09 Å². The first-order valence-corrected chi connectivity index (χ1v) is 8.47. The van der Waals surface area contributed by atoms with Crippen LogP contribution in [-0.4, -0.2) is 22.9 Å². The molecule has 1 amide bonds. The minimum Gasteiger partial charge on any atom is -0.442 e. The highest BCUT2D eigenvalue weighted by Gasteiger charge is 2.22. The highest BCUT2D eigenvalue weighted by atomic mass is 79.9. The highest BCUT2D eigenvalue weighted by Crippen LogP contribution is 2.19. The fourth-order valence-electron chi connectivity index (χ4n) is 1.93. The second kappa shape index (κ2) is 8.11. The molecule has 0 aliphatic rings. The van der Waals surface area contributed by atoms with Crippen LogP contribution in [0.3, 0.4) is 0 Å². The summed E-state index contributed by atoms with van der Waals surface area (Å²) in [5.74, 6) is 0. The summed E-state index contributed by atoms with van der Waals surface area (Å²) in [6.07, 6.45) is 1.17. The summed E-state index contributed by atoms with van der Waals surface area (Å²) >= 11 is 3.50. The van der Waals surface area contributed by atoms with Crippen molar-refractivity contribution in [2.45, 2.75) is 32.9 Å². The summed E-state index contributed by atoms with van der Waals surface area (Å²) in [6.45, 7) is 5.83. The summed E-state index contributed by atoms with van der Waals surface area (Å²) in [5.41, 5.74) is 1.29. The molecule has 0 fully saturated rings.